The topological polar surface area (TPSA) is 42.0 Å². The van der Waals surface area contributed by atoms with Crippen LogP contribution in [0.4, 0.5) is 0 Å². The van der Waals surface area contributed by atoms with Crippen molar-refractivity contribution in [3.8, 4) is 0 Å². The van der Waals surface area contributed by atoms with E-state index in [0.29, 0.717) is 6.04 Å². The highest BCUT2D eigenvalue weighted by Gasteiger charge is 2.18. The van der Waals surface area contributed by atoms with E-state index < -0.39 is 0 Å². The predicted molar refractivity (Wildman–Crippen MR) is 80.8 cm³/mol. The molecule has 0 atom stereocenters. The van der Waals surface area contributed by atoms with Crippen LogP contribution in [0.1, 0.15) is 48.2 Å². The van der Waals surface area contributed by atoms with Crippen LogP contribution in [0.5, 0.6) is 0 Å². The van der Waals surface area contributed by atoms with Gasteiger partial charge in [0.05, 0.1) is 5.52 Å². The molecule has 3 nitrogen and oxygen atoms in total. The van der Waals surface area contributed by atoms with Crippen molar-refractivity contribution in [2.24, 2.45) is 0 Å². The molecule has 0 aliphatic heterocycles. The number of carbonyl (C=O) groups is 1. The maximum atomic E-state index is 12.5. The number of nitrogens with zero attached hydrogens (tertiary/aromatic N) is 1. The molecule has 1 N–H and O–H groups in total. The van der Waals surface area contributed by atoms with E-state index in [1.54, 1.807) is 0 Å². The first-order valence-corrected chi connectivity index (χ1v) is 7.41. The van der Waals surface area contributed by atoms with Gasteiger partial charge in [-0.15, -0.1) is 0 Å². The average Bonchev–Trinajstić information content (AvgIpc) is 2.47. The van der Waals surface area contributed by atoms with Crippen LogP contribution in [0.2, 0.25) is 0 Å². The lowest BCUT2D eigenvalue weighted by molar-refractivity contribution is 0.0929. The molecule has 1 fully saturated rings. The molecule has 1 heterocycles. The van der Waals surface area contributed by atoms with E-state index in [9.17, 15) is 4.79 Å². The van der Waals surface area contributed by atoms with E-state index in [0.717, 1.165) is 35.0 Å². The molecule has 104 valence electrons. The van der Waals surface area contributed by atoms with Crippen LogP contribution < -0.4 is 5.32 Å². The molecule has 3 heteroatoms. The van der Waals surface area contributed by atoms with E-state index in [-0.39, 0.29) is 5.91 Å². The largest absolute Gasteiger partial charge is 0.349 e. The van der Waals surface area contributed by atoms with Crippen LogP contribution in [-0.4, -0.2) is 16.9 Å². The average molecular weight is 268 g/mol. The normalized spacial score (nSPS) is 16.2. The van der Waals surface area contributed by atoms with Gasteiger partial charge in [0.25, 0.3) is 5.91 Å². The van der Waals surface area contributed by atoms with Crippen molar-refractivity contribution in [1.29, 1.82) is 0 Å². The highest BCUT2D eigenvalue weighted by atomic mass is 16.1. The highest BCUT2D eigenvalue weighted by Crippen LogP contribution is 2.20. The summed E-state index contributed by atoms with van der Waals surface area (Å²) in [4.78, 5) is 17.0. The van der Waals surface area contributed by atoms with Gasteiger partial charge in [-0.1, -0.05) is 31.4 Å². The molecule has 1 aliphatic rings. The number of hydrogen-bond acceptors (Lipinski definition) is 2. The van der Waals surface area contributed by atoms with Crippen molar-refractivity contribution < 1.29 is 4.79 Å². The standard InChI is InChI=1S/C17H20N2O/c1-12-10-11-14-15(8-5-9-16(14)18-12)17(20)19-13-6-3-2-4-7-13/h5,8-11,13H,2-4,6-7H2,1H3,(H,19,20). The van der Waals surface area contributed by atoms with Gasteiger partial charge in [-0.05, 0) is 38.0 Å². The number of fused-ring (bicyclic) bond motifs is 1. The summed E-state index contributed by atoms with van der Waals surface area (Å²) in [5.41, 5.74) is 2.60. The van der Waals surface area contributed by atoms with E-state index in [1.807, 2.05) is 37.3 Å². The summed E-state index contributed by atoms with van der Waals surface area (Å²) in [6.07, 6.45) is 5.95. The molecule has 3 rings (SSSR count). The molecule has 0 unspecified atom stereocenters. The molecule has 1 amide bonds. The third-order valence-corrected chi connectivity index (χ3v) is 4.06. The molecular weight excluding hydrogens is 248 g/mol. The summed E-state index contributed by atoms with van der Waals surface area (Å²) >= 11 is 0. The second-order valence-corrected chi connectivity index (χ2v) is 5.63. The Labute approximate surface area is 119 Å². The van der Waals surface area contributed by atoms with Gasteiger partial charge in [0.2, 0.25) is 0 Å². The van der Waals surface area contributed by atoms with E-state index >= 15 is 0 Å². The Morgan fingerprint density at radius 3 is 2.75 bits per heavy atom. The smallest absolute Gasteiger partial charge is 0.252 e. The summed E-state index contributed by atoms with van der Waals surface area (Å²) < 4.78 is 0. The fourth-order valence-electron chi connectivity index (χ4n) is 2.96. The number of aryl methyl sites for hydroxylation is 1. The number of pyridine rings is 1. The Kier molecular flexibility index (Phi) is 3.68. The zero-order valence-corrected chi connectivity index (χ0v) is 11.9. The Bertz CT molecular complexity index is 630. The Morgan fingerprint density at radius 1 is 1.15 bits per heavy atom. The van der Waals surface area contributed by atoms with Crippen LogP contribution >= 0.6 is 0 Å². The number of hydrogen-bond donors (Lipinski definition) is 1. The van der Waals surface area contributed by atoms with Gasteiger partial charge in [0.1, 0.15) is 0 Å². The zero-order chi connectivity index (χ0) is 13.9. The van der Waals surface area contributed by atoms with Gasteiger partial charge in [-0.3, -0.25) is 9.78 Å². The number of amides is 1. The lowest BCUT2D eigenvalue weighted by Crippen LogP contribution is -2.36. The Morgan fingerprint density at radius 2 is 1.95 bits per heavy atom. The molecule has 0 radical (unpaired) electrons. The van der Waals surface area contributed by atoms with Crippen LogP contribution in [0.3, 0.4) is 0 Å². The second kappa shape index (κ2) is 5.61. The summed E-state index contributed by atoms with van der Waals surface area (Å²) in [6.45, 7) is 1.97. The molecule has 1 aromatic heterocycles. The molecule has 0 spiro atoms. The minimum absolute atomic E-state index is 0.0353. The third kappa shape index (κ3) is 2.67. The first-order valence-electron chi connectivity index (χ1n) is 7.41. The maximum Gasteiger partial charge on any atom is 0.252 e. The number of carbonyl (C=O) groups excluding carboxylic acids is 1. The molecule has 0 saturated heterocycles. The number of aromatic nitrogens is 1. The van der Waals surface area contributed by atoms with Gasteiger partial charge < -0.3 is 5.32 Å². The van der Waals surface area contributed by atoms with Gasteiger partial charge >= 0.3 is 0 Å². The zero-order valence-electron chi connectivity index (χ0n) is 11.9. The van der Waals surface area contributed by atoms with Gasteiger partial charge in [0.15, 0.2) is 0 Å². The third-order valence-electron chi connectivity index (χ3n) is 4.06. The lowest BCUT2D eigenvalue weighted by Gasteiger charge is -2.23. The summed E-state index contributed by atoms with van der Waals surface area (Å²) in [5, 5.41) is 4.11. The van der Waals surface area contributed by atoms with E-state index in [2.05, 4.69) is 10.3 Å². The first-order chi connectivity index (χ1) is 9.74. The van der Waals surface area contributed by atoms with E-state index in [1.165, 1.54) is 19.3 Å². The second-order valence-electron chi connectivity index (χ2n) is 5.63. The first kappa shape index (κ1) is 13.1. The maximum absolute atomic E-state index is 12.5. The summed E-state index contributed by atoms with van der Waals surface area (Å²) in [6, 6.07) is 10.0. The van der Waals surface area contributed by atoms with Crippen LogP contribution in [0, 0.1) is 6.92 Å². The van der Waals surface area contributed by atoms with Gasteiger partial charge in [-0.2, -0.15) is 0 Å². The number of nitrogens with one attached hydrogen (secondary N) is 1. The SMILES string of the molecule is Cc1ccc2c(C(=O)NC3CCCCC3)cccc2n1. The summed E-state index contributed by atoms with van der Waals surface area (Å²) in [5.74, 6) is 0.0353. The fraction of sp³-hybridized carbons (Fsp3) is 0.412. The lowest BCUT2D eigenvalue weighted by atomic mass is 9.95. The molecule has 1 aliphatic carbocycles. The molecule has 2 aromatic rings. The summed E-state index contributed by atoms with van der Waals surface area (Å²) in [7, 11) is 0. The fourth-order valence-corrected chi connectivity index (χ4v) is 2.96. The minimum atomic E-state index is 0.0353. The van der Waals surface area contributed by atoms with Gasteiger partial charge in [0, 0.05) is 22.7 Å². The number of benzene rings is 1. The van der Waals surface area contributed by atoms with Crippen molar-refractivity contribution in [3.63, 3.8) is 0 Å². The van der Waals surface area contributed by atoms with Crippen LogP contribution in [-0.2, 0) is 0 Å². The quantitative estimate of drug-likeness (QED) is 0.904. The van der Waals surface area contributed by atoms with Crippen molar-refractivity contribution in [2.45, 2.75) is 45.1 Å². The van der Waals surface area contributed by atoms with E-state index in [4.69, 9.17) is 0 Å². The highest BCUT2D eigenvalue weighted by molar-refractivity contribution is 6.06. The molecule has 20 heavy (non-hydrogen) atoms. The van der Waals surface area contributed by atoms with Gasteiger partial charge in [-0.25, -0.2) is 0 Å². The van der Waals surface area contributed by atoms with Crippen molar-refractivity contribution in [2.75, 3.05) is 0 Å². The van der Waals surface area contributed by atoms with Crippen LogP contribution in [0.15, 0.2) is 30.3 Å². The number of rotatable bonds is 2. The Balaban J connectivity index is 1.87. The Hall–Kier alpha value is -1.90. The molecular formula is C17H20N2O. The van der Waals surface area contributed by atoms with Crippen molar-refractivity contribution in [1.82, 2.24) is 10.3 Å². The van der Waals surface area contributed by atoms with Crippen molar-refractivity contribution >= 4 is 16.8 Å². The predicted octanol–water partition coefficient (Wildman–Crippen LogP) is 3.61. The minimum Gasteiger partial charge on any atom is -0.349 e. The van der Waals surface area contributed by atoms with Crippen LogP contribution in [0.25, 0.3) is 10.9 Å². The molecule has 0 bridgehead atoms. The molecule has 1 aromatic carbocycles. The van der Waals surface area contributed by atoms with Crippen molar-refractivity contribution in [3.05, 3.63) is 41.6 Å². The monoisotopic (exact) mass is 268 g/mol. The molecule has 1 saturated carbocycles.